The van der Waals surface area contributed by atoms with Gasteiger partial charge in [0.25, 0.3) is 5.91 Å². The smallest absolute Gasteiger partial charge is 0.265 e. The highest BCUT2D eigenvalue weighted by Crippen LogP contribution is 2.28. The molecule has 3 nitrogen and oxygen atoms in total. The Labute approximate surface area is 122 Å². The van der Waals surface area contributed by atoms with E-state index in [-0.39, 0.29) is 5.91 Å². The third-order valence-corrected chi connectivity index (χ3v) is 4.80. The van der Waals surface area contributed by atoms with E-state index in [1.54, 1.807) is 18.2 Å². The van der Waals surface area contributed by atoms with Gasteiger partial charge in [-0.05, 0) is 52.7 Å². The van der Waals surface area contributed by atoms with E-state index in [0.717, 1.165) is 9.35 Å². The van der Waals surface area contributed by atoms with Crippen molar-refractivity contribution in [3.63, 3.8) is 0 Å². The number of carbonyl (C=O) groups excluding carboxylic acids is 1. The zero-order valence-corrected chi connectivity index (χ0v) is 12.6. The van der Waals surface area contributed by atoms with Gasteiger partial charge in [0.15, 0.2) is 0 Å². The maximum Gasteiger partial charge on any atom is 0.265 e. The van der Waals surface area contributed by atoms with Gasteiger partial charge in [-0.25, -0.2) is 0 Å². The quantitative estimate of drug-likeness (QED) is 0.797. The van der Waals surface area contributed by atoms with E-state index in [0.29, 0.717) is 21.3 Å². The van der Waals surface area contributed by atoms with Crippen LogP contribution in [0.3, 0.4) is 0 Å². The van der Waals surface area contributed by atoms with E-state index in [1.807, 2.05) is 13.0 Å². The SMILES string of the molecule is Cc1cc(C(=O)Nc2ccc(N)c(Cl)c2)sc1Br. The Bertz CT molecular complexity index is 593. The highest BCUT2D eigenvalue weighted by molar-refractivity contribution is 9.11. The minimum atomic E-state index is -0.158. The molecule has 0 saturated carbocycles. The van der Waals surface area contributed by atoms with Crippen LogP contribution in [0.2, 0.25) is 5.02 Å². The molecule has 1 heterocycles. The van der Waals surface area contributed by atoms with Gasteiger partial charge in [0, 0.05) is 5.69 Å². The topological polar surface area (TPSA) is 55.1 Å². The summed E-state index contributed by atoms with van der Waals surface area (Å²) in [5, 5.41) is 3.20. The summed E-state index contributed by atoms with van der Waals surface area (Å²) in [6.07, 6.45) is 0. The lowest BCUT2D eigenvalue weighted by Gasteiger charge is -2.05. The molecule has 0 spiro atoms. The molecule has 2 aromatic rings. The molecule has 94 valence electrons. The molecular weight excluding hydrogens is 336 g/mol. The number of anilines is 2. The Kier molecular flexibility index (Phi) is 3.94. The molecule has 0 fully saturated rings. The summed E-state index contributed by atoms with van der Waals surface area (Å²) in [5.41, 5.74) is 7.76. The van der Waals surface area contributed by atoms with Crippen molar-refractivity contribution in [2.24, 2.45) is 0 Å². The van der Waals surface area contributed by atoms with Crippen LogP contribution in [0.15, 0.2) is 28.1 Å². The Hall–Kier alpha value is -1.04. The lowest BCUT2D eigenvalue weighted by molar-refractivity contribution is 0.103. The van der Waals surface area contributed by atoms with Crippen molar-refractivity contribution in [2.75, 3.05) is 11.1 Å². The number of nitrogen functional groups attached to an aromatic ring is 1. The molecule has 1 aromatic heterocycles. The lowest BCUT2D eigenvalue weighted by Crippen LogP contribution is -2.10. The number of nitrogens with two attached hydrogens (primary N) is 1. The zero-order chi connectivity index (χ0) is 13.3. The number of carbonyl (C=O) groups is 1. The zero-order valence-electron chi connectivity index (χ0n) is 9.46. The fraction of sp³-hybridized carbons (Fsp3) is 0.0833. The van der Waals surface area contributed by atoms with Crippen molar-refractivity contribution in [1.82, 2.24) is 0 Å². The molecule has 0 saturated heterocycles. The molecule has 18 heavy (non-hydrogen) atoms. The van der Waals surface area contributed by atoms with Crippen LogP contribution in [0.1, 0.15) is 15.2 Å². The predicted molar refractivity (Wildman–Crippen MR) is 80.6 cm³/mol. The first-order valence-corrected chi connectivity index (χ1v) is 7.08. The summed E-state index contributed by atoms with van der Waals surface area (Å²) in [7, 11) is 0. The molecule has 0 unspecified atom stereocenters. The van der Waals surface area contributed by atoms with Gasteiger partial charge in [-0.2, -0.15) is 0 Å². The summed E-state index contributed by atoms with van der Waals surface area (Å²) in [6.45, 7) is 1.94. The predicted octanol–water partition coefficient (Wildman–Crippen LogP) is 4.31. The molecule has 0 aliphatic heterocycles. The van der Waals surface area contributed by atoms with Gasteiger partial charge in [-0.3, -0.25) is 4.79 Å². The highest BCUT2D eigenvalue weighted by atomic mass is 79.9. The third kappa shape index (κ3) is 2.85. The Morgan fingerprint density at radius 2 is 2.17 bits per heavy atom. The van der Waals surface area contributed by atoms with Crippen LogP contribution < -0.4 is 11.1 Å². The summed E-state index contributed by atoms with van der Waals surface area (Å²) in [4.78, 5) is 12.6. The van der Waals surface area contributed by atoms with Crippen molar-refractivity contribution in [1.29, 1.82) is 0 Å². The molecule has 0 aliphatic rings. The summed E-state index contributed by atoms with van der Waals surface area (Å²) < 4.78 is 0.961. The Balaban J connectivity index is 2.18. The average molecular weight is 346 g/mol. The molecule has 3 N–H and O–H groups in total. The van der Waals surface area contributed by atoms with E-state index in [4.69, 9.17) is 17.3 Å². The van der Waals surface area contributed by atoms with E-state index >= 15 is 0 Å². The molecule has 0 radical (unpaired) electrons. The van der Waals surface area contributed by atoms with Gasteiger partial charge in [-0.1, -0.05) is 11.6 Å². The van der Waals surface area contributed by atoms with Crippen LogP contribution in [0.4, 0.5) is 11.4 Å². The van der Waals surface area contributed by atoms with Crippen LogP contribution in [0.5, 0.6) is 0 Å². The standard InChI is InChI=1S/C12H10BrClN2OS/c1-6-4-10(18-11(6)13)12(17)16-7-2-3-9(15)8(14)5-7/h2-5H,15H2,1H3,(H,16,17). The van der Waals surface area contributed by atoms with Gasteiger partial charge < -0.3 is 11.1 Å². The number of hydrogen-bond acceptors (Lipinski definition) is 3. The van der Waals surface area contributed by atoms with Gasteiger partial charge in [-0.15, -0.1) is 11.3 Å². The van der Waals surface area contributed by atoms with Gasteiger partial charge in [0.05, 0.1) is 19.4 Å². The average Bonchev–Trinajstić information content (AvgIpc) is 2.65. The van der Waals surface area contributed by atoms with Crippen LogP contribution in [-0.4, -0.2) is 5.91 Å². The second kappa shape index (κ2) is 5.30. The van der Waals surface area contributed by atoms with Crippen molar-refractivity contribution < 1.29 is 4.79 Å². The maximum absolute atomic E-state index is 12.0. The Morgan fingerprint density at radius 3 is 2.72 bits per heavy atom. The second-order valence-electron chi connectivity index (χ2n) is 3.76. The molecule has 1 amide bonds. The first-order chi connectivity index (χ1) is 8.47. The Morgan fingerprint density at radius 1 is 1.44 bits per heavy atom. The summed E-state index contributed by atoms with van der Waals surface area (Å²) >= 11 is 10.7. The van der Waals surface area contributed by atoms with Crippen LogP contribution in [0.25, 0.3) is 0 Å². The second-order valence-corrected chi connectivity index (χ2v) is 6.54. The van der Waals surface area contributed by atoms with Crippen molar-refractivity contribution in [3.8, 4) is 0 Å². The molecule has 2 rings (SSSR count). The molecule has 0 aliphatic carbocycles. The van der Waals surface area contributed by atoms with Gasteiger partial charge in [0.2, 0.25) is 0 Å². The fourth-order valence-corrected chi connectivity index (χ4v) is 2.98. The van der Waals surface area contributed by atoms with Crippen molar-refractivity contribution >= 4 is 56.1 Å². The van der Waals surface area contributed by atoms with E-state index < -0.39 is 0 Å². The normalized spacial score (nSPS) is 10.4. The third-order valence-electron chi connectivity index (χ3n) is 2.34. The molecule has 1 aromatic carbocycles. The number of aryl methyl sites for hydroxylation is 1. The first-order valence-electron chi connectivity index (χ1n) is 5.09. The van der Waals surface area contributed by atoms with Crippen molar-refractivity contribution in [2.45, 2.75) is 6.92 Å². The van der Waals surface area contributed by atoms with E-state index in [2.05, 4.69) is 21.2 Å². The van der Waals surface area contributed by atoms with E-state index in [1.165, 1.54) is 11.3 Å². The fourth-order valence-electron chi connectivity index (χ4n) is 1.37. The molecule has 0 bridgehead atoms. The van der Waals surface area contributed by atoms with Crippen LogP contribution >= 0.6 is 38.9 Å². The minimum absolute atomic E-state index is 0.158. The van der Waals surface area contributed by atoms with Crippen molar-refractivity contribution in [3.05, 3.63) is 43.5 Å². The van der Waals surface area contributed by atoms with Crippen LogP contribution in [-0.2, 0) is 0 Å². The highest BCUT2D eigenvalue weighted by Gasteiger charge is 2.11. The van der Waals surface area contributed by atoms with Gasteiger partial charge in [0.1, 0.15) is 0 Å². The minimum Gasteiger partial charge on any atom is -0.398 e. The first kappa shape index (κ1) is 13.4. The summed E-state index contributed by atoms with van der Waals surface area (Å²) in [5.74, 6) is -0.158. The number of amides is 1. The van der Waals surface area contributed by atoms with Gasteiger partial charge >= 0.3 is 0 Å². The molecular formula is C12H10BrClN2OS. The lowest BCUT2D eigenvalue weighted by atomic mass is 10.2. The molecule has 6 heteroatoms. The number of thiophene rings is 1. The maximum atomic E-state index is 12.0. The largest absolute Gasteiger partial charge is 0.398 e. The monoisotopic (exact) mass is 344 g/mol. The summed E-state index contributed by atoms with van der Waals surface area (Å²) in [6, 6.07) is 6.84. The van der Waals surface area contributed by atoms with Crippen LogP contribution in [0, 0.1) is 6.92 Å². The van der Waals surface area contributed by atoms with E-state index in [9.17, 15) is 4.79 Å². The number of benzene rings is 1. The number of nitrogens with one attached hydrogen (secondary N) is 1. The number of rotatable bonds is 2. The molecule has 0 atom stereocenters. The number of halogens is 2. The number of hydrogen-bond donors (Lipinski definition) is 2.